The summed E-state index contributed by atoms with van der Waals surface area (Å²) < 4.78 is 13.4. The number of benzene rings is 1. The SMILES string of the molecule is COc1ccc(NC(=O)c2cc(C3CC3)nc3c2c(C)nn3C)cc1OC1CCCC1. The quantitative estimate of drug-likeness (QED) is 0.623. The summed E-state index contributed by atoms with van der Waals surface area (Å²) in [5, 5.41) is 8.35. The van der Waals surface area contributed by atoms with Crippen molar-refractivity contribution in [2.75, 3.05) is 12.4 Å². The Kier molecular flexibility index (Phi) is 5.04. The van der Waals surface area contributed by atoms with Gasteiger partial charge in [0, 0.05) is 30.4 Å². The summed E-state index contributed by atoms with van der Waals surface area (Å²) in [7, 11) is 3.50. The van der Waals surface area contributed by atoms with Crippen molar-refractivity contribution in [3.63, 3.8) is 0 Å². The predicted molar refractivity (Wildman–Crippen MR) is 119 cm³/mol. The van der Waals surface area contributed by atoms with Gasteiger partial charge in [0.2, 0.25) is 0 Å². The van der Waals surface area contributed by atoms with Crippen LogP contribution in [0.1, 0.15) is 66.2 Å². The topological polar surface area (TPSA) is 78.3 Å². The zero-order valence-corrected chi connectivity index (χ0v) is 18.3. The van der Waals surface area contributed by atoms with Crippen LogP contribution >= 0.6 is 0 Å². The van der Waals surface area contributed by atoms with Gasteiger partial charge in [0.05, 0.1) is 29.9 Å². The Morgan fingerprint density at radius 2 is 1.90 bits per heavy atom. The summed E-state index contributed by atoms with van der Waals surface area (Å²) in [6.45, 7) is 1.92. The minimum Gasteiger partial charge on any atom is -0.493 e. The van der Waals surface area contributed by atoms with E-state index in [1.807, 2.05) is 38.2 Å². The zero-order chi connectivity index (χ0) is 21.5. The molecule has 2 saturated carbocycles. The van der Waals surface area contributed by atoms with Crippen molar-refractivity contribution in [1.29, 1.82) is 0 Å². The molecular weight excluding hydrogens is 392 g/mol. The monoisotopic (exact) mass is 420 g/mol. The van der Waals surface area contributed by atoms with Crippen molar-refractivity contribution in [2.24, 2.45) is 7.05 Å². The number of anilines is 1. The van der Waals surface area contributed by atoms with Crippen LogP contribution in [0.2, 0.25) is 0 Å². The molecule has 1 aromatic carbocycles. The van der Waals surface area contributed by atoms with E-state index in [9.17, 15) is 4.79 Å². The van der Waals surface area contributed by atoms with E-state index in [1.165, 1.54) is 12.8 Å². The average molecular weight is 421 g/mol. The van der Waals surface area contributed by atoms with E-state index in [4.69, 9.17) is 14.5 Å². The highest BCUT2D eigenvalue weighted by atomic mass is 16.5. The highest BCUT2D eigenvalue weighted by Crippen LogP contribution is 2.40. The number of aromatic nitrogens is 3. The number of nitrogens with one attached hydrogen (secondary N) is 1. The summed E-state index contributed by atoms with van der Waals surface area (Å²) in [6.07, 6.45) is 6.94. The fraction of sp³-hybridized carbons (Fsp3) is 0.458. The number of rotatable bonds is 6. The molecule has 2 heterocycles. The van der Waals surface area contributed by atoms with Crippen molar-refractivity contribution in [3.8, 4) is 11.5 Å². The third-order valence-corrected chi connectivity index (χ3v) is 6.25. The number of hydrogen-bond acceptors (Lipinski definition) is 5. The maximum atomic E-state index is 13.3. The fourth-order valence-corrected chi connectivity index (χ4v) is 4.46. The van der Waals surface area contributed by atoms with Gasteiger partial charge in [-0.2, -0.15) is 5.10 Å². The van der Waals surface area contributed by atoms with Crippen molar-refractivity contribution < 1.29 is 14.3 Å². The van der Waals surface area contributed by atoms with Crippen molar-refractivity contribution in [2.45, 2.75) is 57.5 Å². The van der Waals surface area contributed by atoms with Crippen LogP contribution in [0.15, 0.2) is 24.3 Å². The maximum absolute atomic E-state index is 13.3. The Balaban J connectivity index is 1.46. The van der Waals surface area contributed by atoms with Gasteiger partial charge in [0.25, 0.3) is 5.91 Å². The van der Waals surface area contributed by atoms with Gasteiger partial charge in [0.15, 0.2) is 17.1 Å². The minimum atomic E-state index is -0.164. The number of amides is 1. The molecule has 2 aliphatic rings. The molecule has 2 aromatic heterocycles. The molecule has 0 radical (unpaired) electrons. The van der Waals surface area contributed by atoms with Crippen LogP contribution in [0.25, 0.3) is 11.0 Å². The lowest BCUT2D eigenvalue weighted by Crippen LogP contribution is -2.15. The van der Waals surface area contributed by atoms with Gasteiger partial charge in [-0.15, -0.1) is 0 Å². The van der Waals surface area contributed by atoms with Crippen LogP contribution in [-0.2, 0) is 7.05 Å². The lowest BCUT2D eigenvalue weighted by Gasteiger charge is -2.17. The molecular formula is C24H28N4O3. The number of carbonyl (C=O) groups excluding carboxylic acids is 1. The molecule has 0 unspecified atom stereocenters. The van der Waals surface area contributed by atoms with E-state index < -0.39 is 0 Å². The molecule has 0 spiro atoms. The summed E-state index contributed by atoms with van der Waals surface area (Å²) in [5.74, 6) is 1.62. The lowest BCUT2D eigenvalue weighted by atomic mass is 10.1. The zero-order valence-electron chi connectivity index (χ0n) is 18.3. The molecule has 2 fully saturated rings. The molecule has 1 amide bonds. The molecule has 0 bridgehead atoms. The van der Waals surface area contributed by atoms with Gasteiger partial charge in [0.1, 0.15) is 0 Å². The van der Waals surface area contributed by atoms with Crippen LogP contribution in [0.4, 0.5) is 5.69 Å². The largest absolute Gasteiger partial charge is 0.493 e. The van der Waals surface area contributed by atoms with Gasteiger partial charge < -0.3 is 14.8 Å². The third kappa shape index (κ3) is 3.84. The average Bonchev–Trinajstić information content (AvgIpc) is 3.42. The van der Waals surface area contributed by atoms with E-state index >= 15 is 0 Å². The first-order chi connectivity index (χ1) is 15.0. The van der Waals surface area contributed by atoms with Gasteiger partial charge in [-0.1, -0.05) is 0 Å². The van der Waals surface area contributed by atoms with E-state index in [1.54, 1.807) is 11.8 Å². The first kappa shape index (κ1) is 19.8. The van der Waals surface area contributed by atoms with Gasteiger partial charge in [-0.25, -0.2) is 4.98 Å². The van der Waals surface area contributed by atoms with E-state index in [2.05, 4.69) is 10.4 Å². The van der Waals surface area contributed by atoms with Crippen LogP contribution < -0.4 is 14.8 Å². The van der Waals surface area contributed by atoms with Crippen molar-refractivity contribution in [3.05, 3.63) is 41.2 Å². The molecule has 7 heteroatoms. The Labute approximate surface area is 181 Å². The molecule has 0 aliphatic heterocycles. The first-order valence-electron chi connectivity index (χ1n) is 11.0. The summed E-state index contributed by atoms with van der Waals surface area (Å²) >= 11 is 0. The second-order valence-electron chi connectivity index (χ2n) is 8.62. The number of pyridine rings is 1. The van der Waals surface area contributed by atoms with E-state index in [-0.39, 0.29) is 12.0 Å². The molecule has 0 saturated heterocycles. The number of nitrogens with zero attached hydrogens (tertiary/aromatic N) is 3. The number of carbonyl (C=O) groups is 1. The van der Waals surface area contributed by atoms with E-state index in [0.717, 1.165) is 48.1 Å². The standard InChI is InChI=1S/C24H28N4O3/c1-14-22-18(13-19(15-8-9-15)26-23(22)28(2)27-14)24(29)25-16-10-11-20(30-3)21(12-16)31-17-6-4-5-7-17/h10-13,15,17H,4-9H2,1-3H3,(H,25,29). The molecule has 2 aliphatic carbocycles. The molecule has 31 heavy (non-hydrogen) atoms. The first-order valence-corrected chi connectivity index (χ1v) is 11.0. The van der Waals surface area contributed by atoms with Crippen LogP contribution in [0.5, 0.6) is 11.5 Å². The molecule has 0 atom stereocenters. The molecule has 1 N–H and O–H groups in total. The van der Waals surface area contributed by atoms with Crippen molar-refractivity contribution >= 4 is 22.6 Å². The van der Waals surface area contributed by atoms with Crippen LogP contribution in [-0.4, -0.2) is 33.9 Å². The second kappa shape index (κ2) is 7.87. The van der Waals surface area contributed by atoms with Crippen molar-refractivity contribution in [1.82, 2.24) is 14.8 Å². The molecule has 3 aromatic rings. The third-order valence-electron chi connectivity index (χ3n) is 6.25. The van der Waals surface area contributed by atoms with E-state index in [0.29, 0.717) is 28.7 Å². The number of aryl methyl sites for hydroxylation is 2. The fourth-order valence-electron chi connectivity index (χ4n) is 4.46. The Bertz CT molecular complexity index is 1140. The van der Waals surface area contributed by atoms with Crippen LogP contribution in [0.3, 0.4) is 0 Å². The maximum Gasteiger partial charge on any atom is 0.256 e. The Morgan fingerprint density at radius 3 is 2.61 bits per heavy atom. The van der Waals surface area contributed by atoms with Crippen LogP contribution in [0, 0.1) is 6.92 Å². The Hall–Kier alpha value is -3.09. The highest BCUT2D eigenvalue weighted by Gasteiger charge is 2.28. The molecule has 7 nitrogen and oxygen atoms in total. The van der Waals surface area contributed by atoms with Gasteiger partial charge in [-0.05, 0) is 63.6 Å². The summed E-state index contributed by atoms with van der Waals surface area (Å²) in [6, 6.07) is 7.47. The molecule has 162 valence electrons. The summed E-state index contributed by atoms with van der Waals surface area (Å²) in [4.78, 5) is 18.1. The van der Waals surface area contributed by atoms with Gasteiger partial charge >= 0.3 is 0 Å². The second-order valence-corrected chi connectivity index (χ2v) is 8.62. The summed E-state index contributed by atoms with van der Waals surface area (Å²) in [5.41, 5.74) is 3.83. The number of ether oxygens (including phenoxy) is 2. The highest BCUT2D eigenvalue weighted by molar-refractivity contribution is 6.12. The lowest BCUT2D eigenvalue weighted by molar-refractivity contribution is 0.102. The Morgan fingerprint density at radius 1 is 1.13 bits per heavy atom. The minimum absolute atomic E-state index is 0.164. The van der Waals surface area contributed by atoms with Gasteiger partial charge in [-0.3, -0.25) is 9.48 Å². The smallest absolute Gasteiger partial charge is 0.256 e. The normalized spacial score (nSPS) is 16.6. The number of methoxy groups -OCH3 is 1. The predicted octanol–water partition coefficient (Wildman–Crippen LogP) is 4.74. The molecule has 5 rings (SSSR count). The number of fused-ring (bicyclic) bond motifs is 1. The number of hydrogen-bond donors (Lipinski definition) is 1.